The standard InChI is InChI=1S/C23H19FN2O4S/c24-16-8-6-15(7-9-16)19-10-11-20(31-19)23(29)30-14-21(27)25-17-3-1-4-18(13-17)26-12-2-5-22(26)28/h1,3-4,6-11,13H,2,5,12,14H2,(H,25,27). The van der Waals surface area contributed by atoms with Gasteiger partial charge in [0.2, 0.25) is 5.91 Å². The molecule has 1 fully saturated rings. The third-order valence-electron chi connectivity index (χ3n) is 4.79. The van der Waals surface area contributed by atoms with Crippen LogP contribution in [0.25, 0.3) is 10.4 Å². The van der Waals surface area contributed by atoms with E-state index in [2.05, 4.69) is 5.32 Å². The second kappa shape index (κ2) is 9.09. The Morgan fingerprint density at radius 1 is 1.10 bits per heavy atom. The maximum absolute atomic E-state index is 13.1. The molecule has 2 aromatic carbocycles. The molecule has 6 nitrogen and oxygen atoms in total. The number of ether oxygens (including phenoxy) is 1. The van der Waals surface area contributed by atoms with Crippen molar-refractivity contribution < 1.29 is 23.5 Å². The van der Waals surface area contributed by atoms with Gasteiger partial charge in [0.25, 0.3) is 5.91 Å². The number of carbonyl (C=O) groups is 3. The molecule has 0 atom stereocenters. The van der Waals surface area contributed by atoms with E-state index in [9.17, 15) is 18.8 Å². The number of thiophene rings is 1. The molecule has 0 radical (unpaired) electrons. The van der Waals surface area contributed by atoms with E-state index in [-0.39, 0.29) is 11.7 Å². The van der Waals surface area contributed by atoms with Crippen molar-refractivity contribution in [2.45, 2.75) is 12.8 Å². The fourth-order valence-electron chi connectivity index (χ4n) is 3.29. The molecule has 0 spiro atoms. The van der Waals surface area contributed by atoms with Crippen LogP contribution in [0.4, 0.5) is 15.8 Å². The molecule has 0 bridgehead atoms. The average molecular weight is 438 g/mol. The van der Waals surface area contributed by atoms with Crippen LogP contribution in [0, 0.1) is 5.82 Å². The summed E-state index contributed by atoms with van der Waals surface area (Å²) in [7, 11) is 0. The van der Waals surface area contributed by atoms with Gasteiger partial charge in [0.15, 0.2) is 6.61 Å². The number of anilines is 2. The van der Waals surface area contributed by atoms with E-state index >= 15 is 0 Å². The van der Waals surface area contributed by atoms with Crippen LogP contribution in [-0.2, 0) is 14.3 Å². The lowest BCUT2D eigenvalue weighted by Gasteiger charge is -2.16. The smallest absolute Gasteiger partial charge is 0.348 e. The third-order valence-corrected chi connectivity index (χ3v) is 5.90. The number of halogens is 1. The van der Waals surface area contributed by atoms with Crippen molar-refractivity contribution in [2.75, 3.05) is 23.4 Å². The zero-order valence-corrected chi connectivity index (χ0v) is 17.3. The van der Waals surface area contributed by atoms with Gasteiger partial charge < -0.3 is 15.0 Å². The molecule has 8 heteroatoms. The molecule has 4 rings (SSSR count). The molecular formula is C23H19FN2O4S. The lowest BCUT2D eigenvalue weighted by atomic mass is 10.2. The first kappa shape index (κ1) is 20.7. The normalized spacial score (nSPS) is 13.3. The van der Waals surface area contributed by atoms with Gasteiger partial charge in [0.05, 0.1) is 0 Å². The number of nitrogens with one attached hydrogen (secondary N) is 1. The maximum Gasteiger partial charge on any atom is 0.348 e. The first-order chi connectivity index (χ1) is 15.0. The number of hydrogen-bond donors (Lipinski definition) is 1. The van der Waals surface area contributed by atoms with Crippen molar-refractivity contribution in [1.82, 2.24) is 0 Å². The number of rotatable bonds is 6. The highest BCUT2D eigenvalue weighted by Crippen LogP contribution is 2.29. The van der Waals surface area contributed by atoms with Crippen molar-refractivity contribution in [2.24, 2.45) is 0 Å². The Bertz CT molecular complexity index is 1130. The molecule has 0 saturated carbocycles. The van der Waals surface area contributed by atoms with Crippen molar-refractivity contribution >= 4 is 40.5 Å². The van der Waals surface area contributed by atoms with Gasteiger partial charge in [-0.2, -0.15) is 0 Å². The lowest BCUT2D eigenvalue weighted by molar-refractivity contribution is -0.119. The van der Waals surface area contributed by atoms with Crippen molar-refractivity contribution in [3.05, 3.63) is 71.4 Å². The van der Waals surface area contributed by atoms with Crippen molar-refractivity contribution in [1.29, 1.82) is 0 Å². The molecule has 1 aliphatic heterocycles. The van der Waals surface area contributed by atoms with Gasteiger partial charge in [0, 0.05) is 29.2 Å². The van der Waals surface area contributed by atoms with E-state index in [0.29, 0.717) is 23.5 Å². The average Bonchev–Trinajstić information content (AvgIpc) is 3.42. The predicted molar refractivity (Wildman–Crippen MR) is 117 cm³/mol. The Morgan fingerprint density at radius 3 is 2.65 bits per heavy atom. The minimum atomic E-state index is -0.607. The molecule has 0 aliphatic carbocycles. The van der Waals surface area contributed by atoms with Crippen LogP contribution in [0.1, 0.15) is 22.5 Å². The van der Waals surface area contributed by atoms with E-state index in [1.54, 1.807) is 47.4 Å². The molecule has 0 unspecified atom stereocenters. The molecule has 1 aromatic heterocycles. The first-order valence-electron chi connectivity index (χ1n) is 9.73. The summed E-state index contributed by atoms with van der Waals surface area (Å²) in [5.41, 5.74) is 2.04. The largest absolute Gasteiger partial charge is 0.451 e. The SMILES string of the molecule is O=C(COC(=O)c1ccc(-c2ccc(F)cc2)s1)Nc1cccc(N2CCCC2=O)c1. The van der Waals surface area contributed by atoms with Crippen molar-refractivity contribution in [3.63, 3.8) is 0 Å². The summed E-state index contributed by atoms with van der Waals surface area (Å²) in [4.78, 5) is 39.2. The van der Waals surface area contributed by atoms with E-state index < -0.39 is 18.5 Å². The first-order valence-corrected chi connectivity index (χ1v) is 10.5. The zero-order chi connectivity index (χ0) is 21.8. The Kier molecular flexibility index (Phi) is 6.08. The van der Waals surface area contributed by atoms with Crippen LogP contribution >= 0.6 is 11.3 Å². The molecule has 1 N–H and O–H groups in total. The molecule has 1 aliphatic rings. The number of carbonyl (C=O) groups excluding carboxylic acids is 3. The molecule has 158 valence electrons. The lowest BCUT2D eigenvalue weighted by Crippen LogP contribution is -2.24. The summed E-state index contributed by atoms with van der Waals surface area (Å²) in [5.74, 6) is -1.35. The summed E-state index contributed by atoms with van der Waals surface area (Å²) in [6.45, 7) is 0.226. The molecule has 31 heavy (non-hydrogen) atoms. The Labute approximate surface area is 182 Å². The number of esters is 1. The van der Waals surface area contributed by atoms with E-state index in [0.717, 1.165) is 22.5 Å². The Hall–Kier alpha value is -3.52. The fraction of sp³-hybridized carbons (Fsp3) is 0.174. The number of nitrogens with zero attached hydrogens (tertiary/aromatic N) is 1. The van der Waals surface area contributed by atoms with Crippen LogP contribution in [-0.4, -0.2) is 30.9 Å². The van der Waals surface area contributed by atoms with Gasteiger partial charge in [-0.15, -0.1) is 11.3 Å². The number of amides is 2. The van der Waals surface area contributed by atoms with Crippen LogP contribution in [0.5, 0.6) is 0 Å². The van der Waals surface area contributed by atoms with Gasteiger partial charge in [-0.25, -0.2) is 9.18 Å². The van der Waals surface area contributed by atoms with Crippen LogP contribution in [0.15, 0.2) is 60.7 Å². The van der Waals surface area contributed by atoms with E-state index in [4.69, 9.17) is 4.74 Å². The van der Waals surface area contributed by atoms with Crippen molar-refractivity contribution in [3.8, 4) is 10.4 Å². The Morgan fingerprint density at radius 2 is 1.90 bits per heavy atom. The van der Waals surface area contributed by atoms with E-state index in [1.807, 2.05) is 6.07 Å². The van der Waals surface area contributed by atoms with Gasteiger partial charge >= 0.3 is 5.97 Å². The minimum absolute atomic E-state index is 0.0633. The zero-order valence-electron chi connectivity index (χ0n) is 16.5. The summed E-state index contributed by atoms with van der Waals surface area (Å²) in [6, 6.07) is 16.3. The summed E-state index contributed by atoms with van der Waals surface area (Å²) in [6.07, 6.45) is 1.34. The summed E-state index contributed by atoms with van der Waals surface area (Å²) >= 11 is 1.21. The highest BCUT2D eigenvalue weighted by Gasteiger charge is 2.22. The number of benzene rings is 2. The second-order valence-corrected chi connectivity index (χ2v) is 8.08. The Balaban J connectivity index is 1.32. The summed E-state index contributed by atoms with van der Waals surface area (Å²) < 4.78 is 18.2. The highest BCUT2D eigenvalue weighted by atomic mass is 32.1. The summed E-state index contributed by atoms with van der Waals surface area (Å²) in [5, 5.41) is 2.68. The highest BCUT2D eigenvalue weighted by molar-refractivity contribution is 7.17. The predicted octanol–water partition coefficient (Wildman–Crippen LogP) is 4.48. The molecule has 2 heterocycles. The quantitative estimate of drug-likeness (QED) is 0.576. The van der Waals surface area contributed by atoms with E-state index in [1.165, 1.54) is 23.5 Å². The maximum atomic E-state index is 13.1. The molecule has 1 saturated heterocycles. The third kappa shape index (κ3) is 4.97. The van der Waals surface area contributed by atoms with Gasteiger partial charge in [0.1, 0.15) is 10.7 Å². The minimum Gasteiger partial charge on any atom is -0.451 e. The van der Waals surface area contributed by atoms with Crippen LogP contribution < -0.4 is 10.2 Å². The molecule has 2 amide bonds. The second-order valence-electron chi connectivity index (χ2n) is 6.99. The fourth-order valence-corrected chi connectivity index (χ4v) is 4.19. The molecule has 3 aromatic rings. The molecular weight excluding hydrogens is 419 g/mol. The van der Waals surface area contributed by atoms with Gasteiger partial charge in [-0.3, -0.25) is 9.59 Å². The van der Waals surface area contributed by atoms with Gasteiger partial charge in [-0.05, 0) is 54.4 Å². The topological polar surface area (TPSA) is 75.7 Å². The monoisotopic (exact) mass is 438 g/mol. The van der Waals surface area contributed by atoms with Gasteiger partial charge in [-0.1, -0.05) is 18.2 Å². The van der Waals surface area contributed by atoms with Crippen LogP contribution in [0.2, 0.25) is 0 Å². The van der Waals surface area contributed by atoms with Crippen LogP contribution in [0.3, 0.4) is 0 Å². The number of hydrogen-bond acceptors (Lipinski definition) is 5.